The van der Waals surface area contributed by atoms with Gasteiger partial charge < -0.3 is 14.6 Å². The number of benzene rings is 1. The fourth-order valence-electron chi connectivity index (χ4n) is 2.02. The minimum atomic E-state index is -0.904. The number of hydrogen-bond donors (Lipinski definition) is 1. The SMILES string of the molecule is COc1cccc2c1OCc1cc(C(=O)O)sc1-2. The molecular weight excluding hydrogens is 252 g/mol. The van der Waals surface area contributed by atoms with Crippen LogP contribution in [0.4, 0.5) is 0 Å². The molecule has 2 heterocycles. The van der Waals surface area contributed by atoms with Gasteiger partial charge in [-0.05, 0) is 18.2 Å². The van der Waals surface area contributed by atoms with Crippen molar-refractivity contribution in [3.05, 3.63) is 34.7 Å². The number of thiophene rings is 1. The van der Waals surface area contributed by atoms with Crippen LogP contribution in [-0.4, -0.2) is 18.2 Å². The molecule has 0 unspecified atom stereocenters. The number of carboxylic acids is 1. The standard InChI is InChI=1S/C13H10O4S/c1-16-9-4-2-3-8-11(9)17-6-7-5-10(13(14)15)18-12(7)8/h2-5H,6H2,1H3,(H,14,15). The van der Waals surface area contributed by atoms with Crippen molar-refractivity contribution in [1.82, 2.24) is 0 Å². The molecule has 0 spiro atoms. The Bertz CT molecular complexity index is 630. The lowest BCUT2D eigenvalue weighted by Crippen LogP contribution is -2.04. The Labute approximate surface area is 107 Å². The van der Waals surface area contributed by atoms with E-state index in [1.165, 1.54) is 11.3 Å². The minimum Gasteiger partial charge on any atom is -0.493 e. The second-order valence-electron chi connectivity index (χ2n) is 3.90. The van der Waals surface area contributed by atoms with Gasteiger partial charge in [-0.15, -0.1) is 11.3 Å². The third-order valence-corrected chi connectivity index (χ3v) is 4.03. The molecule has 1 N–H and O–H groups in total. The number of para-hydroxylation sites is 1. The third-order valence-electron chi connectivity index (χ3n) is 2.84. The molecule has 1 aromatic heterocycles. The van der Waals surface area contributed by atoms with Gasteiger partial charge in [-0.2, -0.15) is 0 Å². The van der Waals surface area contributed by atoms with Gasteiger partial charge in [0.2, 0.25) is 0 Å². The summed E-state index contributed by atoms with van der Waals surface area (Å²) in [7, 11) is 1.59. The molecule has 3 rings (SSSR count). The minimum absolute atomic E-state index is 0.333. The summed E-state index contributed by atoms with van der Waals surface area (Å²) in [6.45, 7) is 0.381. The van der Waals surface area contributed by atoms with Crippen LogP contribution in [0.15, 0.2) is 24.3 Å². The summed E-state index contributed by atoms with van der Waals surface area (Å²) < 4.78 is 10.9. The zero-order valence-corrected chi connectivity index (χ0v) is 10.4. The van der Waals surface area contributed by atoms with Crippen LogP contribution in [0.1, 0.15) is 15.2 Å². The van der Waals surface area contributed by atoms with E-state index in [4.69, 9.17) is 14.6 Å². The molecule has 0 aliphatic carbocycles. The second kappa shape index (κ2) is 4.03. The maximum Gasteiger partial charge on any atom is 0.345 e. The van der Waals surface area contributed by atoms with Crippen molar-refractivity contribution in [3.8, 4) is 21.9 Å². The molecule has 1 aromatic carbocycles. The zero-order chi connectivity index (χ0) is 12.7. The lowest BCUT2D eigenvalue weighted by molar-refractivity contribution is 0.0702. The Hall–Kier alpha value is -2.01. The van der Waals surface area contributed by atoms with E-state index in [1.807, 2.05) is 18.2 Å². The van der Waals surface area contributed by atoms with Crippen molar-refractivity contribution in [2.24, 2.45) is 0 Å². The molecule has 92 valence electrons. The maximum absolute atomic E-state index is 11.0. The Morgan fingerprint density at radius 2 is 2.33 bits per heavy atom. The van der Waals surface area contributed by atoms with E-state index in [9.17, 15) is 4.79 Å². The summed E-state index contributed by atoms with van der Waals surface area (Å²) in [5, 5.41) is 9.03. The lowest BCUT2D eigenvalue weighted by Gasteiger charge is -2.19. The first-order chi connectivity index (χ1) is 8.70. The third kappa shape index (κ3) is 1.55. The first-order valence-corrected chi connectivity index (χ1v) is 6.18. The van der Waals surface area contributed by atoms with Gasteiger partial charge in [-0.3, -0.25) is 0 Å². The summed E-state index contributed by atoms with van der Waals surface area (Å²) in [6, 6.07) is 7.29. The van der Waals surface area contributed by atoms with Gasteiger partial charge in [0.1, 0.15) is 11.5 Å². The lowest BCUT2D eigenvalue weighted by atomic mass is 10.1. The number of hydrogen-bond acceptors (Lipinski definition) is 4. The molecule has 4 nitrogen and oxygen atoms in total. The first kappa shape index (κ1) is 11.1. The van der Waals surface area contributed by atoms with Crippen LogP contribution < -0.4 is 9.47 Å². The molecule has 1 aliphatic rings. The molecule has 18 heavy (non-hydrogen) atoms. The first-order valence-electron chi connectivity index (χ1n) is 5.37. The van der Waals surface area contributed by atoms with E-state index in [0.29, 0.717) is 23.0 Å². The molecule has 0 saturated heterocycles. The Balaban J connectivity index is 2.19. The summed E-state index contributed by atoms with van der Waals surface area (Å²) >= 11 is 1.27. The molecule has 0 atom stereocenters. The number of ether oxygens (including phenoxy) is 2. The largest absolute Gasteiger partial charge is 0.493 e. The van der Waals surface area contributed by atoms with E-state index in [0.717, 1.165) is 16.0 Å². The number of rotatable bonds is 2. The van der Waals surface area contributed by atoms with Crippen molar-refractivity contribution in [3.63, 3.8) is 0 Å². The van der Waals surface area contributed by atoms with Crippen LogP contribution >= 0.6 is 11.3 Å². The highest BCUT2D eigenvalue weighted by molar-refractivity contribution is 7.17. The van der Waals surface area contributed by atoms with Gasteiger partial charge in [-0.1, -0.05) is 6.07 Å². The highest BCUT2D eigenvalue weighted by Crippen LogP contribution is 2.46. The van der Waals surface area contributed by atoms with Crippen LogP contribution in [0.3, 0.4) is 0 Å². The topological polar surface area (TPSA) is 55.8 Å². The molecular formula is C13H10O4S. The summed E-state index contributed by atoms with van der Waals surface area (Å²) in [4.78, 5) is 12.3. The summed E-state index contributed by atoms with van der Waals surface area (Å²) in [6.07, 6.45) is 0. The number of aromatic carboxylic acids is 1. The fraction of sp³-hybridized carbons (Fsp3) is 0.154. The highest BCUT2D eigenvalue weighted by Gasteiger charge is 2.24. The maximum atomic E-state index is 11.0. The number of methoxy groups -OCH3 is 1. The normalized spacial score (nSPS) is 12.3. The van der Waals surface area contributed by atoms with E-state index < -0.39 is 5.97 Å². The quantitative estimate of drug-likeness (QED) is 0.903. The number of fused-ring (bicyclic) bond motifs is 3. The smallest absolute Gasteiger partial charge is 0.345 e. The van der Waals surface area contributed by atoms with E-state index in [1.54, 1.807) is 13.2 Å². The van der Waals surface area contributed by atoms with Gasteiger partial charge in [0.25, 0.3) is 0 Å². The monoisotopic (exact) mass is 262 g/mol. The van der Waals surface area contributed by atoms with Crippen LogP contribution in [-0.2, 0) is 6.61 Å². The molecule has 0 amide bonds. The molecule has 5 heteroatoms. The van der Waals surface area contributed by atoms with Gasteiger partial charge >= 0.3 is 5.97 Å². The average molecular weight is 262 g/mol. The molecule has 0 fully saturated rings. The number of carbonyl (C=O) groups is 1. The van der Waals surface area contributed by atoms with Gasteiger partial charge in [0, 0.05) is 16.0 Å². The van der Waals surface area contributed by atoms with Crippen molar-refractivity contribution in [2.75, 3.05) is 7.11 Å². The van der Waals surface area contributed by atoms with Crippen molar-refractivity contribution in [2.45, 2.75) is 6.61 Å². The molecule has 0 bridgehead atoms. The van der Waals surface area contributed by atoms with Crippen LogP contribution in [0.2, 0.25) is 0 Å². The predicted molar refractivity (Wildman–Crippen MR) is 67.6 cm³/mol. The van der Waals surface area contributed by atoms with Crippen molar-refractivity contribution in [1.29, 1.82) is 0 Å². The molecule has 2 aromatic rings. The fourth-order valence-corrected chi connectivity index (χ4v) is 3.05. The van der Waals surface area contributed by atoms with Crippen LogP contribution in [0, 0.1) is 0 Å². The Kier molecular flexibility index (Phi) is 2.48. The highest BCUT2D eigenvalue weighted by atomic mass is 32.1. The Morgan fingerprint density at radius 1 is 1.50 bits per heavy atom. The zero-order valence-electron chi connectivity index (χ0n) is 9.60. The van der Waals surface area contributed by atoms with Crippen molar-refractivity contribution >= 4 is 17.3 Å². The van der Waals surface area contributed by atoms with Gasteiger partial charge in [-0.25, -0.2) is 4.79 Å². The van der Waals surface area contributed by atoms with E-state index >= 15 is 0 Å². The van der Waals surface area contributed by atoms with Crippen LogP contribution in [0.5, 0.6) is 11.5 Å². The molecule has 0 saturated carbocycles. The van der Waals surface area contributed by atoms with Crippen molar-refractivity contribution < 1.29 is 19.4 Å². The molecule has 1 aliphatic heterocycles. The van der Waals surface area contributed by atoms with Crippen LogP contribution in [0.25, 0.3) is 10.4 Å². The molecule has 0 radical (unpaired) electrons. The van der Waals surface area contributed by atoms with E-state index in [-0.39, 0.29) is 0 Å². The van der Waals surface area contributed by atoms with Gasteiger partial charge in [0.05, 0.1) is 7.11 Å². The Morgan fingerprint density at radius 3 is 3.06 bits per heavy atom. The predicted octanol–water partition coefficient (Wildman–Crippen LogP) is 3.01. The summed E-state index contributed by atoms with van der Waals surface area (Å²) in [5.74, 6) is 0.452. The number of carboxylic acid groups (broad SMARTS) is 1. The second-order valence-corrected chi connectivity index (χ2v) is 4.95. The summed E-state index contributed by atoms with van der Waals surface area (Å²) in [5.41, 5.74) is 1.81. The van der Waals surface area contributed by atoms with Gasteiger partial charge in [0.15, 0.2) is 11.5 Å². The van der Waals surface area contributed by atoms with E-state index in [2.05, 4.69) is 0 Å². The average Bonchev–Trinajstić information content (AvgIpc) is 2.82.